The molecule has 0 atom stereocenters. The molecule has 0 N–H and O–H groups in total. The van der Waals surface area contributed by atoms with Crippen molar-refractivity contribution in [3.05, 3.63) is 35.9 Å². The highest BCUT2D eigenvalue weighted by atomic mass is 32.2. The van der Waals surface area contributed by atoms with E-state index in [1.807, 2.05) is 30.3 Å². The van der Waals surface area contributed by atoms with Crippen LogP contribution in [0.5, 0.6) is 0 Å². The predicted octanol–water partition coefficient (Wildman–Crippen LogP) is 3.61. The van der Waals surface area contributed by atoms with Gasteiger partial charge in [-0.3, -0.25) is 4.79 Å². The minimum atomic E-state index is -3.34. The van der Waals surface area contributed by atoms with Crippen LogP contribution in [0.15, 0.2) is 30.3 Å². The maximum atomic E-state index is 12.4. The van der Waals surface area contributed by atoms with Gasteiger partial charge in [0.25, 0.3) is 0 Å². The topological polar surface area (TPSA) is 54.5 Å². The number of carbonyl (C=O) groups excluding carboxylic acids is 1. The smallest absolute Gasteiger partial charge is 0.237 e. The monoisotopic (exact) mass is 365 g/mol. The van der Waals surface area contributed by atoms with Crippen molar-refractivity contribution in [3.8, 4) is 0 Å². The molecule has 0 aliphatic heterocycles. The Hall–Kier alpha value is -1.36. The quantitative estimate of drug-likeness (QED) is 0.742. The fourth-order valence-electron chi connectivity index (χ4n) is 3.53. The minimum Gasteiger partial charge on any atom is -0.342 e. The Morgan fingerprint density at radius 1 is 1.04 bits per heavy atom. The number of amides is 1. The van der Waals surface area contributed by atoms with Gasteiger partial charge in [0.15, 0.2) is 9.84 Å². The maximum Gasteiger partial charge on any atom is 0.237 e. The highest BCUT2D eigenvalue weighted by Gasteiger charge is 2.24. The number of rotatable bonds is 7. The second-order valence-electron chi connectivity index (χ2n) is 7.18. The Balaban J connectivity index is 1.80. The lowest BCUT2D eigenvalue weighted by atomic mass is 9.96. The summed E-state index contributed by atoms with van der Waals surface area (Å²) in [6, 6.07) is 10.1. The van der Waals surface area contributed by atoms with Crippen LogP contribution >= 0.6 is 0 Å². The van der Waals surface area contributed by atoms with Crippen LogP contribution < -0.4 is 0 Å². The normalized spacial score (nSPS) is 16.8. The van der Waals surface area contributed by atoms with Gasteiger partial charge in [-0.15, -0.1) is 0 Å². The molecule has 1 aliphatic carbocycles. The molecule has 1 fully saturated rings. The van der Waals surface area contributed by atoms with E-state index in [1.54, 1.807) is 11.9 Å². The highest BCUT2D eigenvalue weighted by Crippen LogP contribution is 2.21. The van der Waals surface area contributed by atoms with Crippen molar-refractivity contribution in [2.75, 3.05) is 18.6 Å². The molecule has 4 nitrogen and oxygen atoms in total. The average Bonchev–Trinajstić information content (AvgIpc) is 2.54. The zero-order chi connectivity index (χ0) is 18.1. The largest absolute Gasteiger partial charge is 0.342 e. The van der Waals surface area contributed by atoms with Crippen LogP contribution in [0.3, 0.4) is 0 Å². The van der Waals surface area contributed by atoms with Crippen LogP contribution in [-0.2, 0) is 21.1 Å². The molecule has 1 aliphatic rings. The van der Waals surface area contributed by atoms with Gasteiger partial charge in [-0.05, 0) is 31.2 Å². The molecule has 0 aromatic heterocycles. The van der Waals surface area contributed by atoms with E-state index in [4.69, 9.17) is 0 Å². The molecule has 0 unspecified atom stereocenters. The second-order valence-corrected chi connectivity index (χ2v) is 9.37. The first-order valence-electron chi connectivity index (χ1n) is 9.48. The van der Waals surface area contributed by atoms with Gasteiger partial charge in [0.1, 0.15) is 5.75 Å². The lowest BCUT2D eigenvalue weighted by Gasteiger charge is -2.29. The van der Waals surface area contributed by atoms with Crippen molar-refractivity contribution < 1.29 is 13.2 Å². The van der Waals surface area contributed by atoms with E-state index in [-0.39, 0.29) is 23.5 Å². The molecular formula is C20H31NO3S. The fourth-order valence-corrected chi connectivity index (χ4v) is 4.84. The standard InChI is InChI=1S/C20H31NO3S/c1-21(19-14-8-3-2-4-9-15-19)20(22)17-25(23,24)16-10-13-18-11-6-5-7-12-18/h5-7,11-12,19H,2-4,8-10,13-17H2,1H3. The summed E-state index contributed by atoms with van der Waals surface area (Å²) in [5.74, 6) is -0.522. The molecule has 25 heavy (non-hydrogen) atoms. The van der Waals surface area contributed by atoms with Crippen molar-refractivity contribution in [3.63, 3.8) is 0 Å². The number of hydrogen-bond donors (Lipinski definition) is 0. The van der Waals surface area contributed by atoms with E-state index < -0.39 is 9.84 Å². The van der Waals surface area contributed by atoms with E-state index in [1.165, 1.54) is 19.3 Å². The van der Waals surface area contributed by atoms with E-state index in [0.717, 1.165) is 37.7 Å². The third-order valence-electron chi connectivity index (χ3n) is 5.12. The molecule has 0 radical (unpaired) electrons. The molecule has 1 aromatic carbocycles. The van der Waals surface area contributed by atoms with Crippen molar-refractivity contribution in [1.29, 1.82) is 0 Å². The Labute approximate surface area is 152 Å². The molecule has 0 bridgehead atoms. The van der Waals surface area contributed by atoms with Crippen LogP contribution in [-0.4, -0.2) is 43.8 Å². The Kier molecular flexibility index (Phi) is 7.94. The SMILES string of the molecule is CN(C(=O)CS(=O)(=O)CCCc1ccccc1)C1CCCCCCC1. The molecule has 2 rings (SSSR count). The summed E-state index contributed by atoms with van der Waals surface area (Å²) in [4.78, 5) is 14.1. The summed E-state index contributed by atoms with van der Waals surface area (Å²) in [6.45, 7) is 0. The zero-order valence-electron chi connectivity index (χ0n) is 15.3. The molecule has 0 spiro atoms. The number of hydrogen-bond acceptors (Lipinski definition) is 3. The third-order valence-corrected chi connectivity index (χ3v) is 6.72. The molecule has 140 valence electrons. The predicted molar refractivity (Wildman–Crippen MR) is 102 cm³/mol. The summed E-state index contributed by atoms with van der Waals surface area (Å²) in [5, 5.41) is 0. The maximum absolute atomic E-state index is 12.4. The van der Waals surface area contributed by atoms with Gasteiger partial charge >= 0.3 is 0 Å². The number of carbonyl (C=O) groups is 1. The highest BCUT2D eigenvalue weighted by molar-refractivity contribution is 7.92. The van der Waals surface area contributed by atoms with E-state index in [9.17, 15) is 13.2 Å². The van der Waals surface area contributed by atoms with Crippen molar-refractivity contribution in [2.45, 2.75) is 63.8 Å². The minimum absolute atomic E-state index is 0.0755. The summed E-state index contributed by atoms with van der Waals surface area (Å²) in [5.41, 5.74) is 1.13. The van der Waals surface area contributed by atoms with Crippen molar-refractivity contribution in [2.24, 2.45) is 0 Å². The van der Waals surface area contributed by atoms with Gasteiger partial charge in [0.2, 0.25) is 5.91 Å². The van der Waals surface area contributed by atoms with Crippen LogP contribution in [0.4, 0.5) is 0 Å². The molecule has 1 saturated carbocycles. The first-order chi connectivity index (χ1) is 12.0. The van der Waals surface area contributed by atoms with E-state index >= 15 is 0 Å². The van der Waals surface area contributed by atoms with Gasteiger partial charge in [-0.1, -0.05) is 62.4 Å². The van der Waals surface area contributed by atoms with E-state index in [2.05, 4.69) is 0 Å². The first-order valence-corrected chi connectivity index (χ1v) is 11.3. The van der Waals surface area contributed by atoms with Gasteiger partial charge < -0.3 is 4.90 Å². The lowest BCUT2D eigenvalue weighted by molar-refractivity contribution is -0.129. The van der Waals surface area contributed by atoms with Crippen LogP contribution in [0.25, 0.3) is 0 Å². The molecule has 0 saturated heterocycles. The third kappa shape index (κ3) is 7.18. The lowest BCUT2D eigenvalue weighted by Crippen LogP contribution is -2.41. The number of benzene rings is 1. The summed E-state index contributed by atoms with van der Waals surface area (Å²) in [7, 11) is -1.57. The zero-order valence-corrected chi connectivity index (χ0v) is 16.1. The van der Waals surface area contributed by atoms with Gasteiger partial charge in [-0.25, -0.2) is 8.42 Å². The van der Waals surface area contributed by atoms with Gasteiger partial charge in [0.05, 0.1) is 5.75 Å². The summed E-state index contributed by atoms with van der Waals surface area (Å²) >= 11 is 0. The van der Waals surface area contributed by atoms with E-state index in [0.29, 0.717) is 6.42 Å². The average molecular weight is 366 g/mol. The molecule has 5 heteroatoms. The molecular weight excluding hydrogens is 334 g/mol. The Bertz CT molecular complexity index is 620. The molecule has 1 aromatic rings. The molecule has 0 heterocycles. The molecule has 1 amide bonds. The number of nitrogens with zero attached hydrogens (tertiary/aromatic N) is 1. The van der Waals surface area contributed by atoms with Crippen LogP contribution in [0.1, 0.15) is 56.9 Å². The van der Waals surface area contributed by atoms with Crippen molar-refractivity contribution in [1.82, 2.24) is 4.90 Å². The van der Waals surface area contributed by atoms with Crippen LogP contribution in [0, 0.1) is 0 Å². The van der Waals surface area contributed by atoms with Crippen molar-refractivity contribution >= 4 is 15.7 Å². The number of sulfone groups is 1. The number of aryl methyl sites for hydroxylation is 1. The fraction of sp³-hybridized carbons (Fsp3) is 0.650. The van der Waals surface area contributed by atoms with Gasteiger partial charge in [0, 0.05) is 13.1 Å². The second kappa shape index (κ2) is 9.95. The Morgan fingerprint density at radius 3 is 2.28 bits per heavy atom. The van der Waals surface area contributed by atoms with Crippen LogP contribution in [0.2, 0.25) is 0 Å². The Morgan fingerprint density at radius 2 is 1.64 bits per heavy atom. The summed E-state index contributed by atoms with van der Waals surface area (Å²) in [6.07, 6.45) is 9.26. The first kappa shape index (κ1) is 20.0. The summed E-state index contributed by atoms with van der Waals surface area (Å²) < 4.78 is 24.6. The van der Waals surface area contributed by atoms with Gasteiger partial charge in [-0.2, -0.15) is 0 Å².